The van der Waals surface area contributed by atoms with Crippen molar-refractivity contribution in [2.45, 2.75) is 0 Å². The van der Waals surface area contributed by atoms with E-state index in [-0.39, 0.29) is 21.4 Å². The highest BCUT2D eigenvalue weighted by Gasteiger charge is 2.14. The molecule has 0 radical (unpaired) electrons. The Morgan fingerprint density at radius 1 is 1.24 bits per heavy atom. The van der Waals surface area contributed by atoms with Gasteiger partial charge in [0.05, 0.1) is 21.9 Å². The fourth-order valence-corrected chi connectivity index (χ4v) is 2.06. The summed E-state index contributed by atoms with van der Waals surface area (Å²) in [7, 11) is 0. The van der Waals surface area contributed by atoms with Gasteiger partial charge >= 0.3 is 0 Å². The van der Waals surface area contributed by atoms with Gasteiger partial charge in [0.25, 0.3) is 5.91 Å². The van der Waals surface area contributed by atoms with Crippen LogP contribution in [0, 0.1) is 0 Å². The zero-order valence-electron chi connectivity index (χ0n) is 8.17. The van der Waals surface area contributed by atoms with Crippen LogP contribution in [-0.2, 0) is 0 Å². The summed E-state index contributed by atoms with van der Waals surface area (Å²) in [6, 6.07) is 2.96. The van der Waals surface area contributed by atoms with E-state index in [1.54, 1.807) is 0 Å². The molecular formula is C9H5Cl3N4O. The van der Waals surface area contributed by atoms with Gasteiger partial charge in [-0.15, -0.1) is 0 Å². The van der Waals surface area contributed by atoms with Crippen molar-refractivity contribution >= 4 is 46.4 Å². The summed E-state index contributed by atoms with van der Waals surface area (Å²) in [6.45, 7) is 0. The van der Waals surface area contributed by atoms with Crippen LogP contribution in [0.5, 0.6) is 0 Å². The van der Waals surface area contributed by atoms with Gasteiger partial charge in [0.2, 0.25) is 0 Å². The molecule has 1 heterocycles. The number of rotatable bonds is 2. The predicted octanol–water partition coefficient (Wildman–Crippen LogP) is 3.02. The normalized spacial score (nSPS) is 10.3. The second kappa shape index (κ2) is 4.91. The molecule has 1 aromatic heterocycles. The minimum absolute atomic E-state index is 0.132. The first-order chi connectivity index (χ1) is 8.08. The molecule has 0 aliphatic rings. The fraction of sp³-hybridized carbons (Fsp3) is 0. The molecule has 0 aliphatic heterocycles. The van der Waals surface area contributed by atoms with E-state index in [9.17, 15) is 4.79 Å². The number of benzene rings is 1. The van der Waals surface area contributed by atoms with Gasteiger partial charge in [0, 0.05) is 5.02 Å². The van der Waals surface area contributed by atoms with Crippen molar-refractivity contribution in [1.82, 2.24) is 15.4 Å². The molecule has 0 unspecified atom stereocenters. The van der Waals surface area contributed by atoms with E-state index in [4.69, 9.17) is 34.8 Å². The minimum atomic E-state index is -0.468. The Bertz CT molecular complexity index is 532. The summed E-state index contributed by atoms with van der Waals surface area (Å²) < 4.78 is 0. The minimum Gasteiger partial charge on any atom is -0.318 e. The molecule has 2 aromatic rings. The van der Waals surface area contributed by atoms with Crippen LogP contribution in [0.25, 0.3) is 0 Å². The van der Waals surface area contributed by atoms with E-state index in [1.165, 1.54) is 18.3 Å². The SMILES string of the molecule is O=C(Nc1c(Cl)cc(Cl)cc1Cl)c1cn[nH]n1. The zero-order chi connectivity index (χ0) is 12.4. The van der Waals surface area contributed by atoms with Crippen LogP contribution >= 0.6 is 34.8 Å². The Morgan fingerprint density at radius 3 is 2.41 bits per heavy atom. The number of hydrogen-bond acceptors (Lipinski definition) is 3. The van der Waals surface area contributed by atoms with Crippen molar-refractivity contribution in [2.75, 3.05) is 5.32 Å². The summed E-state index contributed by atoms with van der Waals surface area (Å²) >= 11 is 17.6. The molecule has 8 heteroatoms. The first-order valence-electron chi connectivity index (χ1n) is 4.39. The van der Waals surface area contributed by atoms with Crippen LogP contribution in [0.1, 0.15) is 10.5 Å². The van der Waals surface area contributed by atoms with Crippen LogP contribution in [0.15, 0.2) is 18.3 Å². The molecule has 0 saturated carbocycles. The molecule has 0 bridgehead atoms. The first-order valence-corrected chi connectivity index (χ1v) is 5.53. The number of hydrogen-bond donors (Lipinski definition) is 2. The summed E-state index contributed by atoms with van der Waals surface area (Å²) in [5.41, 5.74) is 0.415. The van der Waals surface area contributed by atoms with Crippen molar-refractivity contribution in [3.05, 3.63) is 39.1 Å². The Kier molecular flexibility index (Phi) is 3.51. The lowest BCUT2D eigenvalue weighted by Crippen LogP contribution is -2.13. The Hall–Kier alpha value is -1.30. The van der Waals surface area contributed by atoms with E-state index >= 15 is 0 Å². The van der Waals surface area contributed by atoms with Gasteiger partial charge in [-0.2, -0.15) is 15.4 Å². The maximum atomic E-state index is 11.7. The maximum absolute atomic E-state index is 11.7. The average Bonchev–Trinajstić information content (AvgIpc) is 2.76. The molecule has 17 heavy (non-hydrogen) atoms. The third-order valence-corrected chi connectivity index (χ3v) is 2.71. The number of halogens is 3. The van der Waals surface area contributed by atoms with Crippen molar-refractivity contribution in [1.29, 1.82) is 0 Å². The second-order valence-electron chi connectivity index (χ2n) is 3.05. The van der Waals surface area contributed by atoms with E-state index in [1.807, 2.05) is 0 Å². The predicted molar refractivity (Wildman–Crippen MR) is 65.8 cm³/mol. The molecule has 0 fully saturated rings. The summed E-state index contributed by atoms with van der Waals surface area (Å²) in [5, 5.41) is 12.9. The molecule has 88 valence electrons. The number of aromatic amines is 1. The summed E-state index contributed by atoms with van der Waals surface area (Å²) in [5.74, 6) is -0.468. The van der Waals surface area contributed by atoms with Gasteiger partial charge < -0.3 is 5.32 Å². The van der Waals surface area contributed by atoms with Crippen molar-refractivity contribution in [3.8, 4) is 0 Å². The second-order valence-corrected chi connectivity index (χ2v) is 4.30. The third-order valence-electron chi connectivity index (χ3n) is 1.89. The lowest BCUT2D eigenvalue weighted by molar-refractivity contribution is 0.102. The van der Waals surface area contributed by atoms with Crippen molar-refractivity contribution in [2.24, 2.45) is 0 Å². The number of amides is 1. The highest BCUT2D eigenvalue weighted by atomic mass is 35.5. The van der Waals surface area contributed by atoms with E-state index in [0.29, 0.717) is 5.02 Å². The van der Waals surface area contributed by atoms with Crippen LogP contribution in [0.4, 0.5) is 5.69 Å². The molecule has 0 spiro atoms. The van der Waals surface area contributed by atoms with Gasteiger partial charge in [-0.25, -0.2) is 0 Å². The fourth-order valence-electron chi connectivity index (χ4n) is 1.15. The first kappa shape index (κ1) is 12.2. The molecule has 2 N–H and O–H groups in total. The molecular weight excluding hydrogens is 286 g/mol. The van der Waals surface area contributed by atoms with Crippen LogP contribution < -0.4 is 5.32 Å². The standard InChI is InChI=1S/C9H5Cl3N4O/c10-4-1-5(11)8(6(12)2-4)14-9(17)7-3-13-16-15-7/h1-3H,(H,14,17)(H,13,15,16). The number of anilines is 1. The lowest BCUT2D eigenvalue weighted by Gasteiger charge is -2.08. The van der Waals surface area contributed by atoms with Gasteiger partial charge in [-0.05, 0) is 12.1 Å². The van der Waals surface area contributed by atoms with Crippen molar-refractivity contribution in [3.63, 3.8) is 0 Å². The Balaban J connectivity index is 2.28. The molecule has 1 amide bonds. The molecule has 5 nitrogen and oxygen atoms in total. The van der Waals surface area contributed by atoms with Crippen LogP contribution in [-0.4, -0.2) is 21.3 Å². The molecule has 0 saturated heterocycles. The summed E-state index contributed by atoms with van der Waals surface area (Å²) in [6.07, 6.45) is 1.28. The van der Waals surface area contributed by atoms with Crippen LogP contribution in [0.2, 0.25) is 15.1 Å². The number of nitrogens with one attached hydrogen (secondary N) is 2. The number of H-pyrrole nitrogens is 1. The molecule has 1 aromatic carbocycles. The quantitative estimate of drug-likeness (QED) is 0.893. The smallest absolute Gasteiger partial charge is 0.277 e. The van der Waals surface area contributed by atoms with Crippen molar-refractivity contribution < 1.29 is 4.79 Å². The zero-order valence-corrected chi connectivity index (χ0v) is 10.4. The van der Waals surface area contributed by atoms with Gasteiger partial charge in [0.15, 0.2) is 5.69 Å². The van der Waals surface area contributed by atoms with Gasteiger partial charge in [0.1, 0.15) is 0 Å². The molecule has 0 atom stereocenters. The average molecular weight is 292 g/mol. The topological polar surface area (TPSA) is 70.7 Å². The largest absolute Gasteiger partial charge is 0.318 e. The molecule has 0 aliphatic carbocycles. The number of nitrogens with zero attached hydrogens (tertiary/aromatic N) is 2. The highest BCUT2D eigenvalue weighted by Crippen LogP contribution is 2.33. The van der Waals surface area contributed by atoms with Gasteiger partial charge in [-0.3, -0.25) is 4.79 Å². The van der Waals surface area contributed by atoms with E-state index in [2.05, 4.69) is 20.7 Å². The highest BCUT2D eigenvalue weighted by molar-refractivity contribution is 6.42. The summed E-state index contributed by atoms with van der Waals surface area (Å²) in [4.78, 5) is 11.7. The third kappa shape index (κ3) is 2.69. The lowest BCUT2D eigenvalue weighted by atomic mass is 10.3. The Morgan fingerprint density at radius 2 is 1.88 bits per heavy atom. The maximum Gasteiger partial charge on any atom is 0.277 e. The van der Waals surface area contributed by atoms with Crippen LogP contribution in [0.3, 0.4) is 0 Å². The van der Waals surface area contributed by atoms with E-state index < -0.39 is 5.91 Å². The number of carbonyl (C=O) groups is 1. The number of aromatic nitrogens is 3. The molecule has 2 rings (SSSR count). The Labute approximate surface area is 111 Å². The monoisotopic (exact) mass is 290 g/mol. The number of carbonyl (C=O) groups excluding carboxylic acids is 1. The van der Waals surface area contributed by atoms with Gasteiger partial charge in [-0.1, -0.05) is 34.8 Å². The van der Waals surface area contributed by atoms with E-state index in [0.717, 1.165) is 0 Å².